The number of hydrogen-bond donors (Lipinski definition) is 2. The van der Waals surface area contributed by atoms with Crippen LogP contribution in [-0.4, -0.2) is 118 Å². The standard InChI is InChI=1S/C24H52N4O8Si2/c1-7-31-37(32-8-2,33-9-3)21-13-15-25-23(29)27-17-19-28(20-18-27)24(30)26-16-14-22-38(34-10-4,35-11-5)36-12-6/h7-22H2,1-6H3,(H,25,29)(H,26,30). The molecule has 1 rings (SSSR count). The third-order valence-electron chi connectivity index (χ3n) is 5.91. The van der Waals surface area contributed by atoms with Crippen LogP contribution in [0.5, 0.6) is 0 Å². The largest absolute Gasteiger partial charge is 0.500 e. The van der Waals surface area contributed by atoms with Crippen LogP contribution >= 0.6 is 0 Å². The van der Waals surface area contributed by atoms with Crippen molar-refractivity contribution < 1.29 is 36.1 Å². The molecule has 224 valence electrons. The fraction of sp³-hybridized carbons (Fsp3) is 0.917. The molecule has 0 aliphatic carbocycles. The van der Waals surface area contributed by atoms with Gasteiger partial charge in [-0.15, -0.1) is 0 Å². The van der Waals surface area contributed by atoms with Crippen LogP contribution in [0.4, 0.5) is 9.59 Å². The summed E-state index contributed by atoms with van der Waals surface area (Å²) in [4.78, 5) is 28.7. The van der Waals surface area contributed by atoms with E-state index in [9.17, 15) is 9.59 Å². The zero-order chi connectivity index (χ0) is 28.3. The topological polar surface area (TPSA) is 120 Å². The van der Waals surface area contributed by atoms with E-state index in [0.29, 0.717) is 104 Å². The molecule has 1 aliphatic rings. The van der Waals surface area contributed by atoms with Gasteiger partial charge in [0.1, 0.15) is 0 Å². The number of rotatable bonds is 20. The molecule has 38 heavy (non-hydrogen) atoms. The van der Waals surface area contributed by atoms with Gasteiger partial charge in [0.2, 0.25) is 0 Å². The number of carbonyl (C=O) groups excluding carboxylic acids is 2. The molecule has 0 atom stereocenters. The van der Waals surface area contributed by atoms with E-state index in [-0.39, 0.29) is 12.1 Å². The maximum absolute atomic E-state index is 12.6. The number of nitrogens with one attached hydrogen (secondary N) is 2. The summed E-state index contributed by atoms with van der Waals surface area (Å²) in [5, 5.41) is 5.95. The number of carbonyl (C=O) groups is 2. The molecule has 0 saturated carbocycles. The van der Waals surface area contributed by atoms with E-state index < -0.39 is 17.6 Å². The van der Waals surface area contributed by atoms with E-state index in [0.717, 1.165) is 0 Å². The van der Waals surface area contributed by atoms with Crippen molar-refractivity contribution in [1.82, 2.24) is 20.4 Å². The summed E-state index contributed by atoms with van der Waals surface area (Å²) < 4.78 is 35.2. The normalized spacial score (nSPS) is 14.6. The summed E-state index contributed by atoms with van der Waals surface area (Å²) in [6.45, 7) is 17.8. The Balaban J connectivity index is 2.36. The lowest BCUT2D eigenvalue weighted by molar-refractivity contribution is 0.0699. The second-order valence-corrected chi connectivity index (χ2v) is 14.1. The van der Waals surface area contributed by atoms with Crippen molar-refractivity contribution in [2.75, 3.05) is 78.9 Å². The lowest BCUT2D eigenvalue weighted by atomic mass is 10.3. The Morgan fingerprint density at radius 1 is 0.553 bits per heavy atom. The molecule has 2 N–H and O–H groups in total. The Morgan fingerprint density at radius 2 is 0.816 bits per heavy atom. The monoisotopic (exact) mass is 580 g/mol. The molecular weight excluding hydrogens is 528 g/mol. The minimum atomic E-state index is -2.70. The number of nitrogens with zero attached hydrogens (tertiary/aromatic N) is 2. The summed E-state index contributed by atoms with van der Waals surface area (Å²) in [6, 6.07) is 1.07. The molecule has 0 bridgehead atoms. The highest BCUT2D eigenvalue weighted by atomic mass is 28.4. The second-order valence-electron chi connectivity index (χ2n) is 8.61. The van der Waals surface area contributed by atoms with Crippen molar-refractivity contribution in [3.8, 4) is 0 Å². The smallest absolute Gasteiger partial charge is 0.374 e. The van der Waals surface area contributed by atoms with Gasteiger partial charge in [-0.1, -0.05) is 0 Å². The van der Waals surface area contributed by atoms with Gasteiger partial charge >= 0.3 is 29.7 Å². The highest BCUT2D eigenvalue weighted by Crippen LogP contribution is 2.19. The van der Waals surface area contributed by atoms with Gasteiger partial charge in [0.15, 0.2) is 0 Å². The molecule has 1 aliphatic heterocycles. The predicted octanol–water partition coefficient (Wildman–Crippen LogP) is 2.90. The maximum atomic E-state index is 12.6. The summed E-state index contributed by atoms with van der Waals surface area (Å²) >= 11 is 0. The summed E-state index contributed by atoms with van der Waals surface area (Å²) in [6.07, 6.45) is 1.42. The van der Waals surface area contributed by atoms with Gasteiger partial charge in [-0.05, 0) is 54.4 Å². The Kier molecular flexibility index (Phi) is 18.1. The number of amides is 4. The number of piperazine rings is 1. The quantitative estimate of drug-likeness (QED) is 0.167. The minimum Gasteiger partial charge on any atom is -0.374 e. The van der Waals surface area contributed by atoms with Crippen molar-refractivity contribution in [2.24, 2.45) is 0 Å². The van der Waals surface area contributed by atoms with Gasteiger partial charge in [0, 0.05) is 91.0 Å². The minimum absolute atomic E-state index is 0.120. The Bertz CT molecular complexity index is 569. The number of hydrogen-bond acceptors (Lipinski definition) is 8. The van der Waals surface area contributed by atoms with E-state index in [4.69, 9.17) is 26.6 Å². The molecule has 14 heteroatoms. The molecule has 0 aromatic rings. The van der Waals surface area contributed by atoms with E-state index in [1.54, 1.807) is 9.80 Å². The highest BCUT2D eigenvalue weighted by molar-refractivity contribution is 6.61. The molecule has 1 fully saturated rings. The van der Waals surface area contributed by atoms with Crippen LogP contribution < -0.4 is 10.6 Å². The van der Waals surface area contributed by atoms with Gasteiger partial charge < -0.3 is 47.0 Å². The van der Waals surface area contributed by atoms with Crippen LogP contribution in [0, 0.1) is 0 Å². The van der Waals surface area contributed by atoms with Crippen molar-refractivity contribution in [1.29, 1.82) is 0 Å². The fourth-order valence-corrected chi connectivity index (χ4v) is 9.56. The van der Waals surface area contributed by atoms with Gasteiger partial charge in [0.05, 0.1) is 0 Å². The molecule has 0 aromatic heterocycles. The van der Waals surface area contributed by atoms with E-state index in [1.807, 2.05) is 41.5 Å². The SMILES string of the molecule is CCO[Si](CCCNC(=O)N1CCN(C(=O)NCCC[Si](OCC)(OCC)OCC)CC1)(OCC)OCC. The molecule has 0 spiro atoms. The molecule has 4 amide bonds. The van der Waals surface area contributed by atoms with Gasteiger partial charge in [-0.2, -0.15) is 0 Å². The maximum Gasteiger partial charge on any atom is 0.500 e. The van der Waals surface area contributed by atoms with Crippen LogP contribution in [0.3, 0.4) is 0 Å². The lowest BCUT2D eigenvalue weighted by Gasteiger charge is -2.35. The average Bonchev–Trinajstić information content (AvgIpc) is 2.90. The molecule has 12 nitrogen and oxygen atoms in total. The first kappa shape index (κ1) is 34.8. The average molecular weight is 581 g/mol. The number of urea groups is 2. The molecule has 0 aromatic carbocycles. The van der Waals surface area contributed by atoms with Crippen molar-refractivity contribution >= 4 is 29.7 Å². The summed E-state index contributed by atoms with van der Waals surface area (Å²) in [7, 11) is -5.40. The van der Waals surface area contributed by atoms with Gasteiger partial charge in [0.25, 0.3) is 0 Å². The van der Waals surface area contributed by atoms with Crippen molar-refractivity contribution in [3.63, 3.8) is 0 Å². The molecule has 1 heterocycles. The predicted molar refractivity (Wildman–Crippen MR) is 150 cm³/mol. The molecule has 0 unspecified atom stereocenters. The zero-order valence-electron chi connectivity index (χ0n) is 24.5. The van der Waals surface area contributed by atoms with Crippen LogP contribution in [0.15, 0.2) is 0 Å². The van der Waals surface area contributed by atoms with Crippen molar-refractivity contribution in [2.45, 2.75) is 66.5 Å². The summed E-state index contributed by atoms with van der Waals surface area (Å²) in [5.41, 5.74) is 0. The fourth-order valence-electron chi connectivity index (χ4n) is 4.34. The Labute approximate surface area is 231 Å². The highest BCUT2D eigenvalue weighted by Gasteiger charge is 2.40. The molecule has 1 saturated heterocycles. The van der Waals surface area contributed by atoms with Gasteiger partial charge in [-0.25, -0.2) is 9.59 Å². The first-order valence-electron chi connectivity index (χ1n) is 14.2. The first-order chi connectivity index (χ1) is 18.3. The summed E-state index contributed by atoms with van der Waals surface area (Å²) in [5.74, 6) is 0. The van der Waals surface area contributed by atoms with Gasteiger partial charge in [-0.3, -0.25) is 0 Å². The van der Waals surface area contributed by atoms with Crippen molar-refractivity contribution in [3.05, 3.63) is 0 Å². The van der Waals surface area contributed by atoms with Crippen LogP contribution in [-0.2, 0) is 26.6 Å². The lowest BCUT2D eigenvalue weighted by Crippen LogP contribution is -2.55. The Morgan fingerprint density at radius 3 is 1.05 bits per heavy atom. The van der Waals surface area contributed by atoms with Crippen LogP contribution in [0.1, 0.15) is 54.4 Å². The van der Waals surface area contributed by atoms with E-state index in [1.165, 1.54) is 0 Å². The zero-order valence-corrected chi connectivity index (χ0v) is 26.5. The third kappa shape index (κ3) is 12.3. The second kappa shape index (κ2) is 19.7. The Hall–Kier alpha value is -1.27. The third-order valence-corrected chi connectivity index (χ3v) is 12.2. The molecular formula is C24H52N4O8Si2. The first-order valence-corrected chi connectivity index (χ1v) is 18.1. The van der Waals surface area contributed by atoms with E-state index >= 15 is 0 Å². The molecule has 0 radical (unpaired) electrons. The van der Waals surface area contributed by atoms with Crippen LogP contribution in [0.2, 0.25) is 12.1 Å². The van der Waals surface area contributed by atoms with E-state index in [2.05, 4.69) is 10.6 Å². The van der Waals surface area contributed by atoms with Crippen LogP contribution in [0.25, 0.3) is 0 Å².